The Labute approximate surface area is 92.2 Å². The van der Waals surface area contributed by atoms with Gasteiger partial charge in [0.1, 0.15) is 0 Å². The lowest BCUT2D eigenvalue weighted by atomic mass is 9.89. The first-order chi connectivity index (χ1) is 6.95. The second kappa shape index (κ2) is 4.62. The number of rotatable bonds is 4. The highest BCUT2D eigenvalue weighted by Gasteiger charge is 2.21. The summed E-state index contributed by atoms with van der Waals surface area (Å²) in [6.45, 7) is 11.9. The van der Waals surface area contributed by atoms with Crippen LogP contribution in [0.4, 0.5) is 0 Å². The zero-order chi connectivity index (χ0) is 11.5. The van der Waals surface area contributed by atoms with Crippen molar-refractivity contribution in [3.05, 3.63) is 30.1 Å². The molecule has 0 saturated heterocycles. The van der Waals surface area contributed by atoms with Crippen LogP contribution in [0.25, 0.3) is 0 Å². The minimum Gasteiger partial charge on any atom is -0.309 e. The third kappa shape index (κ3) is 3.20. The molecule has 0 saturated carbocycles. The SMILES string of the molecule is C=CCNCc1cn(C)nc1C(C)(C)C. The standard InChI is InChI=1S/C12H21N3/c1-6-7-13-8-10-9-15(5)14-11(10)12(2,3)4/h6,9,13H,1,7-8H2,2-5H3. The smallest absolute Gasteiger partial charge is 0.0722 e. The fourth-order valence-corrected chi connectivity index (χ4v) is 1.61. The molecule has 3 heteroatoms. The van der Waals surface area contributed by atoms with Gasteiger partial charge in [-0.3, -0.25) is 4.68 Å². The summed E-state index contributed by atoms with van der Waals surface area (Å²) in [6.07, 6.45) is 3.95. The lowest BCUT2D eigenvalue weighted by Crippen LogP contribution is -2.19. The molecular formula is C12H21N3. The summed E-state index contributed by atoms with van der Waals surface area (Å²) in [5, 5.41) is 7.82. The van der Waals surface area contributed by atoms with Crippen LogP contribution in [-0.4, -0.2) is 16.3 Å². The Hall–Kier alpha value is -1.09. The summed E-state index contributed by atoms with van der Waals surface area (Å²) in [6, 6.07) is 0. The first-order valence-corrected chi connectivity index (χ1v) is 5.29. The van der Waals surface area contributed by atoms with E-state index in [2.05, 4.69) is 44.0 Å². The molecule has 0 unspecified atom stereocenters. The largest absolute Gasteiger partial charge is 0.309 e. The van der Waals surface area contributed by atoms with E-state index in [0.717, 1.165) is 13.1 Å². The molecule has 0 aromatic carbocycles. The number of nitrogens with zero attached hydrogens (tertiary/aromatic N) is 2. The number of aryl methyl sites for hydroxylation is 1. The van der Waals surface area contributed by atoms with Crippen molar-refractivity contribution in [2.45, 2.75) is 32.7 Å². The molecule has 1 N–H and O–H groups in total. The number of hydrogen-bond donors (Lipinski definition) is 1. The number of hydrogen-bond acceptors (Lipinski definition) is 2. The summed E-state index contributed by atoms with van der Waals surface area (Å²) >= 11 is 0. The van der Waals surface area contributed by atoms with Crippen LogP contribution < -0.4 is 5.32 Å². The Morgan fingerprint density at radius 2 is 2.20 bits per heavy atom. The predicted molar refractivity (Wildman–Crippen MR) is 63.8 cm³/mol. The highest BCUT2D eigenvalue weighted by atomic mass is 15.3. The van der Waals surface area contributed by atoms with E-state index in [0.29, 0.717) is 0 Å². The second-order valence-electron chi connectivity index (χ2n) is 4.85. The van der Waals surface area contributed by atoms with Crippen LogP contribution in [0.5, 0.6) is 0 Å². The van der Waals surface area contributed by atoms with Crippen LogP contribution in [-0.2, 0) is 19.0 Å². The van der Waals surface area contributed by atoms with Gasteiger partial charge in [-0.15, -0.1) is 6.58 Å². The van der Waals surface area contributed by atoms with Gasteiger partial charge in [-0.05, 0) is 0 Å². The highest BCUT2D eigenvalue weighted by Crippen LogP contribution is 2.23. The van der Waals surface area contributed by atoms with E-state index in [-0.39, 0.29) is 5.41 Å². The van der Waals surface area contributed by atoms with Gasteiger partial charge < -0.3 is 5.32 Å². The summed E-state index contributed by atoms with van der Waals surface area (Å²) in [5.41, 5.74) is 2.54. The van der Waals surface area contributed by atoms with Gasteiger partial charge >= 0.3 is 0 Å². The maximum Gasteiger partial charge on any atom is 0.0722 e. The van der Waals surface area contributed by atoms with Gasteiger partial charge in [0.25, 0.3) is 0 Å². The average molecular weight is 207 g/mol. The summed E-state index contributed by atoms with van der Waals surface area (Å²) in [5.74, 6) is 0. The average Bonchev–Trinajstić information content (AvgIpc) is 2.47. The third-order valence-electron chi connectivity index (χ3n) is 2.22. The molecule has 0 amide bonds. The molecule has 0 aliphatic carbocycles. The Morgan fingerprint density at radius 3 is 2.73 bits per heavy atom. The normalized spacial score (nSPS) is 11.7. The molecule has 0 bridgehead atoms. The van der Waals surface area contributed by atoms with E-state index >= 15 is 0 Å². The fraction of sp³-hybridized carbons (Fsp3) is 0.583. The van der Waals surface area contributed by atoms with Crippen LogP contribution in [0, 0.1) is 0 Å². The van der Waals surface area contributed by atoms with E-state index in [1.54, 1.807) is 0 Å². The Balaban J connectivity index is 2.82. The first kappa shape index (κ1) is 12.0. The van der Waals surface area contributed by atoms with Gasteiger partial charge in [-0.2, -0.15) is 5.10 Å². The van der Waals surface area contributed by atoms with Crippen LogP contribution in [0.3, 0.4) is 0 Å². The maximum absolute atomic E-state index is 4.51. The monoisotopic (exact) mass is 207 g/mol. The van der Waals surface area contributed by atoms with Gasteiger partial charge in [0, 0.05) is 37.3 Å². The minimum absolute atomic E-state index is 0.104. The van der Waals surface area contributed by atoms with E-state index < -0.39 is 0 Å². The van der Waals surface area contributed by atoms with Gasteiger partial charge in [-0.25, -0.2) is 0 Å². The van der Waals surface area contributed by atoms with Crippen molar-refractivity contribution in [2.75, 3.05) is 6.54 Å². The minimum atomic E-state index is 0.104. The molecular weight excluding hydrogens is 186 g/mol. The van der Waals surface area contributed by atoms with Crippen molar-refractivity contribution in [3.8, 4) is 0 Å². The molecule has 0 fully saturated rings. The molecule has 3 nitrogen and oxygen atoms in total. The number of aromatic nitrogens is 2. The highest BCUT2D eigenvalue weighted by molar-refractivity contribution is 5.23. The topological polar surface area (TPSA) is 29.9 Å². The van der Waals surface area contributed by atoms with Crippen molar-refractivity contribution in [1.29, 1.82) is 0 Å². The van der Waals surface area contributed by atoms with Gasteiger partial charge in [-0.1, -0.05) is 26.8 Å². The molecule has 0 aliphatic heterocycles. The molecule has 0 radical (unpaired) electrons. The first-order valence-electron chi connectivity index (χ1n) is 5.29. The summed E-state index contributed by atoms with van der Waals surface area (Å²) in [7, 11) is 1.96. The molecule has 0 aliphatic rings. The van der Waals surface area contributed by atoms with E-state index in [4.69, 9.17) is 0 Å². The molecule has 0 atom stereocenters. The third-order valence-corrected chi connectivity index (χ3v) is 2.22. The molecule has 1 aromatic rings. The quantitative estimate of drug-likeness (QED) is 0.604. The van der Waals surface area contributed by atoms with Gasteiger partial charge in [0.05, 0.1) is 5.69 Å². The summed E-state index contributed by atoms with van der Waals surface area (Å²) in [4.78, 5) is 0. The van der Waals surface area contributed by atoms with Crippen LogP contribution in [0.2, 0.25) is 0 Å². The lowest BCUT2D eigenvalue weighted by Gasteiger charge is -2.17. The molecule has 0 spiro atoms. The molecule has 1 heterocycles. The predicted octanol–water partition coefficient (Wildman–Crippen LogP) is 1.99. The lowest BCUT2D eigenvalue weighted by molar-refractivity contribution is 0.545. The van der Waals surface area contributed by atoms with E-state index in [1.165, 1.54) is 11.3 Å². The van der Waals surface area contributed by atoms with Crippen molar-refractivity contribution < 1.29 is 0 Å². The van der Waals surface area contributed by atoms with Crippen LogP contribution >= 0.6 is 0 Å². The van der Waals surface area contributed by atoms with Crippen molar-refractivity contribution in [2.24, 2.45) is 7.05 Å². The molecule has 1 rings (SSSR count). The van der Waals surface area contributed by atoms with Crippen LogP contribution in [0.15, 0.2) is 18.9 Å². The van der Waals surface area contributed by atoms with Crippen molar-refractivity contribution in [3.63, 3.8) is 0 Å². The van der Waals surface area contributed by atoms with E-state index in [1.807, 2.05) is 17.8 Å². The Morgan fingerprint density at radius 1 is 1.53 bits per heavy atom. The summed E-state index contributed by atoms with van der Waals surface area (Å²) < 4.78 is 1.88. The second-order valence-corrected chi connectivity index (χ2v) is 4.85. The Kier molecular flexibility index (Phi) is 3.69. The molecule has 84 valence electrons. The van der Waals surface area contributed by atoms with Crippen molar-refractivity contribution in [1.82, 2.24) is 15.1 Å². The zero-order valence-corrected chi connectivity index (χ0v) is 10.2. The molecule has 1 aromatic heterocycles. The maximum atomic E-state index is 4.51. The Bertz CT molecular complexity index is 331. The van der Waals surface area contributed by atoms with Crippen LogP contribution in [0.1, 0.15) is 32.0 Å². The zero-order valence-electron chi connectivity index (χ0n) is 10.2. The number of nitrogens with one attached hydrogen (secondary N) is 1. The molecule has 15 heavy (non-hydrogen) atoms. The van der Waals surface area contributed by atoms with Crippen molar-refractivity contribution >= 4 is 0 Å². The fourth-order valence-electron chi connectivity index (χ4n) is 1.61. The van der Waals surface area contributed by atoms with Gasteiger partial charge in [0.2, 0.25) is 0 Å². The van der Waals surface area contributed by atoms with Gasteiger partial charge in [0.15, 0.2) is 0 Å². The van der Waals surface area contributed by atoms with E-state index in [9.17, 15) is 0 Å².